The molecule has 1 saturated carbocycles. The number of hydrogen-bond acceptors (Lipinski definition) is 11. The van der Waals surface area contributed by atoms with Crippen molar-refractivity contribution in [3.63, 3.8) is 0 Å². The summed E-state index contributed by atoms with van der Waals surface area (Å²) in [5.74, 6) is -0.199. The lowest BCUT2D eigenvalue weighted by atomic mass is 9.82. The van der Waals surface area contributed by atoms with Gasteiger partial charge < -0.3 is 20.4 Å². The van der Waals surface area contributed by atoms with Crippen LogP contribution >= 0.6 is 23.6 Å². The number of halogens is 2. The largest absolute Gasteiger partial charge is 0.365 e. The number of anilines is 3. The Morgan fingerprint density at radius 3 is 2.22 bits per heavy atom. The Bertz CT molecular complexity index is 1590. The predicted octanol–water partition coefficient (Wildman–Crippen LogP) is 3.32. The van der Waals surface area contributed by atoms with Gasteiger partial charge in [-0.05, 0) is 61.7 Å². The van der Waals surface area contributed by atoms with Gasteiger partial charge >= 0.3 is 0 Å². The third kappa shape index (κ3) is 8.34. The normalized spacial score (nSPS) is 20.2. The summed E-state index contributed by atoms with van der Waals surface area (Å²) in [5, 5.41) is 19.6. The molecule has 2 atom stereocenters. The summed E-state index contributed by atoms with van der Waals surface area (Å²) in [5.41, 5.74) is 5.59. The molecule has 0 radical (unpaired) electrons. The Morgan fingerprint density at radius 2 is 1.59 bits per heavy atom. The number of alkyl halides is 2. The van der Waals surface area contributed by atoms with E-state index in [1.807, 2.05) is 21.9 Å². The Hall–Kier alpha value is -4.18. The van der Waals surface area contributed by atoms with E-state index < -0.39 is 12.3 Å². The van der Waals surface area contributed by atoms with Gasteiger partial charge in [-0.1, -0.05) is 17.8 Å². The van der Waals surface area contributed by atoms with Crippen LogP contribution in [0.2, 0.25) is 0 Å². The minimum absolute atomic E-state index is 0.0334. The molecule has 3 fully saturated rings. The maximum atomic E-state index is 13.2. The number of carbonyl (C=O) groups is 2. The Kier molecular flexibility index (Phi) is 10.0. The molecule has 3 N–H and O–H groups in total. The second kappa shape index (κ2) is 14.5. The van der Waals surface area contributed by atoms with Crippen LogP contribution in [-0.2, 0) is 22.4 Å². The number of rotatable bonds is 10. The van der Waals surface area contributed by atoms with Crippen LogP contribution < -0.4 is 25.9 Å². The topological polar surface area (TPSA) is 141 Å². The maximum absolute atomic E-state index is 13.2. The Balaban J connectivity index is 0.927. The number of carbonyl (C=O) groups excluding carboxylic acids is 2. The Labute approximate surface area is 274 Å². The number of thiocarbonyl (C=S) groups is 1. The van der Waals surface area contributed by atoms with Gasteiger partial charge in [0.2, 0.25) is 16.9 Å². The van der Waals surface area contributed by atoms with E-state index in [1.165, 1.54) is 11.3 Å². The predicted molar refractivity (Wildman–Crippen MR) is 176 cm³/mol. The molecule has 12 nitrogen and oxygen atoms in total. The van der Waals surface area contributed by atoms with E-state index in [0.717, 1.165) is 42.1 Å². The van der Waals surface area contributed by atoms with E-state index >= 15 is 0 Å². The fourth-order valence-corrected chi connectivity index (χ4v) is 6.79. The average molecular weight is 669 g/mol. The first-order valence-electron chi connectivity index (χ1n) is 15.2. The molecule has 242 valence electrons. The van der Waals surface area contributed by atoms with Crippen LogP contribution in [0.25, 0.3) is 0 Å². The lowest BCUT2D eigenvalue weighted by Crippen LogP contribution is -2.48. The lowest BCUT2D eigenvalue weighted by molar-refractivity contribution is -0.119. The molecule has 0 bridgehead atoms. The van der Waals surface area contributed by atoms with Gasteiger partial charge in [0.05, 0.1) is 50.4 Å². The zero-order valence-corrected chi connectivity index (χ0v) is 26.6. The van der Waals surface area contributed by atoms with Crippen LogP contribution in [0.4, 0.5) is 25.3 Å². The average Bonchev–Trinajstić information content (AvgIpc) is 3.46. The third-order valence-electron chi connectivity index (χ3n) is 8.14. The SMILES string of the molecule is O=C(Cc1cc(N2CC(F)C2)ccn1)NC(=S)N/N=C\C1CCCC(c2nnc(NC(=O)Cc3cc(N4CC(F)C4)ccn3)s2)C1. The number of hydrazone groups is 1. The summed E-state index contributed by atoms with van der Waals surface area (Å²) in [6.07, 6.45) is 7.27. The summed E-state index contributed by atoms with van der Waals surface area (Å²) in [6.45, 7) is 1.42. The van der Waals surface area contributed by atoms with Gasteiger partial charge in [-0.25, -0.2) is 8.78 Å². The van der Waals surface area contributed by atoms with Crippen LogP contribution in [0.1, 0.15) is 48.0 Å². The molecule has 1 aliphatic carbocycles. The van der Waals surface area contributed by atoms with Crippen LogP contribution in [0, 0.1) is 5.92 Å². The number of nitrogens with zero attached hydrogens (tertiary/aromatic N) is 7. The van der Waals surface area contributed by atoms with Crippen molar-refractivity contribution in [1.82, 2.24) is 30.9 Å². The van der Waals surface area contributed by atoms with Crippen molar-refractivity contribution in [3.8, 4) is 0 Å². The smallest absolute Gasteiger partial charge is 0.232 e. The summed E-state index contributed by atoms with van der Waals surface area (Å²) in [7, 11) is 0. The van der Waals surface area contributed by atoms with E-state index in [-0.39, 0.29) is 41.6 Å². The fourth-order valence-electron chi connectivity index (χ4n) is 5.72. The van der Waals surface area contributed by atoms with Gasteiger partial charge in [0.1, 0.15) is 17.4 Å². The second-order valence-electron chi connectivity index (χ2n) is 11.8. The van der Waals surface area contributed by atoms with Crippen LogP contribution in [0.3, 0.4) is 0 Å². The van der Waals surface area contributed by atoms with E-state index in [4.69, 9.17) is 12.2 Å². The maximum Gasteiger partial charge on any atom is 0.232 e. The van der Waals surface area contributed by atoms with E-state index in [1.54, 1.807) is 30.7 Å². The van der Waals surface area contributed by atoms with Crippen molar-refractivity contribution in [3.05, 3.63) is 53.1 Å². The third-order valence-corrected chi connectivity index (χ3v) is 9.34. The number of amides is 2. The summed E-state index contributed by atoms with van der Waals surface area (Å²) in [4.78, 5) is 37.4. The summed E-state index contributed by atoms with van der Waals surface area (Å²) >= 11 is 6.60. The van der Waals surface area contributed by atoms with Crippen molar-refractivity contribution in [1.29, 1.82) is 0 Å². The number of aromatic nitrogens is 4. The Morgan fingerprint density at radius 1 is 0.957 bits per heavy atom. The first kappa shape index (κ1) is 31.8. The second-order valence-corrected chi connectivity index (χ2v) is 13.2. The highest BCUT2D eigenvalue weighted by Crippen LogP contribution is 2.37. The number of pyridine rings is 2. The van der Waals surface area contributed by atoms with E-state index in [9.17, 15) is 18.4 Å². The molecule has 0 aromatic carbocycles. The lowest BCUT2D eigenvalue weighted by Gasteiger charge is -2.36. The van der Waals surface area contributed by atoms with Crippen molar-refractivity contribution in [2.24, 2.45) is 11.0 Å². The number of hydrogen-bond donors (Lipinski definition) is 3. The molecule has 2 saturated heterocycles. The molecule has 3 aliphatic rings. The van der Waals surface area contributed by atoms with E-state index in [0.29, 0.717) is 42.7 Å². The molecule has 3 aromatic heterocycles. The van der Waals surface area contributed by atoms with Gasteiger partial charge in [-0.3, -0.25) is 25.0 Å². The summed E-state index contributed by atoms with van der Waals surface area (Å²) < 4.78 is 26.4. The first-order chi connectivity index (χ1) is 22.3. The van der Waals surface area contributed by atoms with Gasteiger partial charge in [-0.2, -0.15) is 5.10 Å². The quantitative estimate of drug-likeness (QED) is 0.168. The minimum atomic E-state index is -0.816. The van der Waals surface area contributed by atoms with Crippen LogP contribution in [0.5, 0.6) is 0 Å². The molecule has 5 heterocycles. The van der Waals surface area contributed by atoms with Gasteiger partial charge in [-0.15, -0.1) is 10.2 Å². The first-order valence-corrected chi connectivity index (χ1v) is 16.4. The van der Waals surface area contributed by atoms with Gasteiger partial charge in [0, 0.05) is 35.9 Å². The molecule has 16 heteroatoms. The zero-order valence-electron chi connectivity index (χ0n) is 24.9. The van der Waals surface area contributed by atoms with Crippen LogP contribution in [-0.4, -0.2) is 81.8 Å². The fraction of sp³-hybridized carbons (Fsp3) is 0.467. The number of nitrogens with one attached hydrogen (secondary N) is 3. The minimum Gasteiger partial charge on any atom is -0.365 e. The molecule has 2 unspecified atom stereocenters. The molecular formula is C30H34F2N10O2S2. The summed E-state index contributed by atoms with van der Waals surface area (Å²) in [6, 6.07) is 7.21. The van der Waals surface area contributed by atoms with E-state index in [2.05, 4.69) is 41.3 Å². The highest BCUT2D eigenvalue weighted by atomic mass is 32.1. The van der Waals surface area contributed by atoms with Gasteiger partial charge in [0.25, 0.3) is 0 Å². The van der Waals surface area contributed by atoms with Crippen molar-refractivity contribution >= 4 is 63.2 Å². The van der Waals surface area contributed by atoms with Crippen molar-refractivity contribution in [2.75, 3.05) is 41.3 Å². The van der Waals surface area contributed by atoms with Crippen molar-refractivity contribution in [2.45, 2.75) is 56.8 Å². The van der Waals surface area contributed by atoms with Crippen LogP contribution in [0.15, 0.2) is 41.8 Å². The molecule has 2 aliphatic heterocycles. The monoisotopic (exact) mass is 668 g/mol. The molecule has 46 heavy (non-hydrogen) atoms. The highest BCUT2D eigenvalue weighted by Gasteiger charge is 2.28. The highest BCUT2D eigenvalue weighted by molar-refractivity contribution is 7.80. The molecule has 2 amide bonds. The van der Waals surface area contributed by atoms with Crippen molar-refractivity contribution < 1.29 is 18.4 Å². The molecule has 3 aromatic rings. The zero-order chi connectivity index (χ0) is 32.0. The molecule has 0 spiro atoms. The van der Waals surface area contributed by atoms with Gasteiger partial charge in [0.15, 0.2) is 5.11 Å². The molecular weight excluding hydrogens is 635 g/mol. The standard InChI is InChI=1S/C30H34F2N10O2S2/c31-20-14-41(15-20)24-4-6-33-22(9-24)11-26(43)36-29(45)39-35-13-18-2-1-3-19(8-18)28-38-40-30(46-28)37-27(44)12-23-10-25(5-7-34-23)42-16-21(32)17-42/h4-7,9-10,13,18-21H,1-3,8,11-12,14-17H2,(H,37,40,44)(H2,36,39,43,45)/b35-13-. The molecule has 6 rings (SSSR count).